The number of carboxylic acid groups (broad SMARTS) is 1. The normalized spacial score (nSPS) is 10.5. The molecule has 0 aromatic heterocycles. The second kappa shape index (κ2) is 8.95. The molecular formula is C19H18ClNO6. The Morgan fingerprint density at radius 3 is 2.19 bits per heavy atom. The van der Waals surface area contributed by atoms with Crippen LogP contribution in [-0.4, -0.2) is 38.3 Å². The SMILES string of the molecule is COc1cc(C=CC(=O)Nc2ccc(Cl)cc2C(=O)O)cc(OC)c1OC. The highest BCUT2D eigenvalue weighted by Gasteiger charge is 2.14. The highest BCUT2D eigenvalue weighted by Crippen LogP contribution is 2.38. The third-order valence-corrected chi connectivity index (χ3v) is 3.82. The minimum Gasteiger partial charge on any atom is -0.493 e. The van der Waals surface area contributed by atoms with E-state index < -0.39 is 11.9 Å². The zero-order valence-electron chi connectivity index (χ0n) is 14.9. The lowest BCUT2D eigenvalue weighted by Crippen LogP contribution is -2.12. The van der Waals surface area contributed by atoms with Crippen molar-refractivity contribution >= 4 is 35.2 Å². The van der Waals surface area contributed by atoms with E-state index in [0.717, 1.165) is 0 Å². The summed E-state index contributed by atoms with van der Waals surface area (Å²) in [7, 11) is 4.48. The number of amides is 1. The summed E-state index contributed by atoms with van der Waals surface area (Å²) in [4.78, 5) is 23.4. The van der Waals surface area contributed by atoms with Gasteiger partial charge in [-0.1, -0.05) is 11.6 Å². The first kappa shape index (κ1) is 20.1. The molecule has 8 heteroatoms. The van der Waals surface area contributed by atoms with Gasteiger partial charge in [0.15, 0.2) is 11.5 Å². The number of carbonyl (C=O) groups is 2. The number of carbonyl (C=O) groups excluding carboxylic acids is 1. The van der Waals surface area contributed by atoms with Crippen molar-refractivity contribution in [1.29, 1.82) is 0 Å². The van der Waals surface area contributed by atoms with Gasteiger partial charge >= 0.3 is 5.97 Å². The molecule has 7 nitrogen and oxygen atoms in total. The summed E-state index contributed by atoms with van der Waals surface area (Å²) in [5.74, 6) is -0.366. The van der Waals surface area contributed by atoms with Crippen molar-refractivity contribution in [1.82, 2.24) is 0 Å². The summed E-state index contributed by atoms with van der Waals surface area (Å²) in [6, 6.07) is 7.54. The van der Waals surface area contributed by atoms with Crippen molar-refractivity contribution in [2.45, 2.75) is 0 Å². The Bertz CT molecular complexity index is 869. The number of hydrogen-bond donors (Lipinski definition) is 2. The van der Waals surface area contributed by atoms with Crippen LogP contribution in [0.15, 0.2) is 36.4 Å². The molecule has 0 atom stereocenters. The van der Waals surface area contributed by atoms with Crippen LogP contribution in [0.1, 0.15) is 15.9 Å². The van der Waals surface area contributed by atoms with Gasteiger partial charge in [0, 0.05) is 11.1 Å². The second-order valence-electron chi connectivity index (χ2n) is 5.28. The fraction of sp³-hybridized carbons (Fsp3) is 0.158. The summed E-state index contributed by atoms with van der Waals surface area (Å²) in [6.45, 7) is 0. The number of aromatic carboxylic acids is 1. The maximum atomic E-state index is 12.2. The van der Waals surface area contributed by atoms with Crippen LogP contribution in [0.5, 0.6) is 17.2 Å². The average Bonchev–Trinajstić information content (AvgIpc) is 2.66. The molecule has 2 N–H and O–H groups in total. The van der Waals surface area contributed by atoms with E-state index in [-0.39, 0.29) is 16.3 Å². The molecule has 1 amide bonds. The summed E-state index contributed by atoms with van der Waals surface area (Å²) in [5, 5.41) is 12.0. The highest BCUT2D eigenvalue weighted by atomic mass is 35.5. The molecule has 0 aliphatic heterocycles. The Morgan fingerprint density at radius 1 is 1.04 bits per heavy atom. The predicted molar refractivity (Wildman–Crippen MR) is 102 cm³/mol. The number of halogens is 1. The van der Waals surface area contributed by atoms with Crippen molar-refractivity contribution in [2.24, 2.45) is 0 Å². The van der Waals surface area contributed by atoms with Gasteiger partial charge in [-0.2, -0.15) is 0 Å². The van der Waals surface area contributed by atoms with Gasteiger partial charge in [-0.3, -0.25) is 4.79 Å². The Hall–Kier alpha value is -3.19. The van der Waals surface area contributed by atoms with Crippen LogP contribution in [0.2, 0.25) is 5.02 Å². The minimum absolute atomic E-state index is 0.1000. The molecule has 0 saturated carbocycles. The zero-order chi connectivity index (χ0) is 20.0. The van der Waals surface area contributed by atoms with Crippen LogP contribution in [-0.2, 0) is 4.79 Å². The number of anilines is 1. The number of benzene rings is 2. The van der Waals surface area contributed by atoms with Gasteiger partial charge in [-0.05, 0) is 42.0 Å². The van der Waals surface area contributed by atoms with E-state index in [1.807, 2.05) is 0 Å². The zero-order valence-corrected chi connectivity index (χ0v) is 15.7. The second-order valence-corrected chi connectivity index (χ2v) is 5.71. The molecular weight excluding hydrogens is 374 g/mol. The molecule has 0 aliphatic rings. The van der Waals surface area contributed by atoms with Crippen LogP contribution >= 0.6 is 11.6 Å². The van der Waals surface area contributed by atoms with Crippen molar-refractivity contribution < 1.29 is 28.9 Å². The van der Waals surface area contributed by atoms with Crippen LogP contribution in [0, 0.1) is 0 Å². The molecule has 0 aliphatic carbocycles. The van der Waals surface area contributed by atoms with E-state index in [2.05, 4.69) is 5.32 Å². The highest BCUT2D eigenvalue weighted by molar-refractivity contribution is 6.31. The Labute approximate surface area is 161 Å². The quantitative estimate of drug-likeness (QED) is 0.698. The molecule has 0 saturated heterocycles. The molecule has 0 spiro atoms. The largest absolute Gasteiger partial charge is 0.493 e. The molecule has 2 aromatic carbocycles. The number of hydrogen-bond acceptors (Lipinski definition) is 5. The molecule has 0 radical (unpaired) electrons. The van der Waals surface area contributed by atoms with Crippen molar-refractivity contribution in [2.75, 3.05) is 26.6 Å². The Kier molecular flexibility index (Phi) is 6.67. The number of rotatable bonds is 7. The lowest BCUT2D eigenvalue weighted by atomic mass is 10.1. The van der Waals surface area contributed by atoms with Crippen LogP contribution in [0.3, 0.4) is 0 Å². The van der Waals surface area contributed by atoms with Crippen LogP contribution < -0.4 is 19.5 Å². The van der Waals surface area contributed by atoms with E-state index in [1.165, 1.54) is 51.7 Å². The molecule has 0 heterocycles. The monoisotopic (exact) mass is 391 g/mol. The van der Waals surface area contributed by atoms with E-state index in [0.29, 0.717) is 22.8 Å². The Balaban J connectivity index is 2.24. The molecule has 142 valence electrons. The third-order valence-electron chi connectivity index (χ3n) is 3.58. The Morgan fingerprint density at radius 2 is 1.67 bits per heavy atom. The molecule has 0 unspecified atom stereocenters. The standard InChI is InChI=1S/C19H18ClNO6/c1-25-15-8-11(9-16(26-2)18(15)27-3)4-7-17(22)21-14-6-5-12(20)10-13(14)19(23)24/h4-10H,1-3H3,(H,21,22)(H,23,24). The topological polar surface area (TPSA) is 94.1 Å². The van der Waals surface area contributed by atoms with Crippen molar-refractivity contribution in [3.63, 3.8) is 0 Å². The predicted octanol–water partition coefficient (Wildman–Crippen LogP) is 3.72. The summed E-state index contributed by atoms with van der Waals surface area (Å²) in [6.07, 6.45) is 2.80. The number of nitrogens with one attached hydrogen (secondary N) is 1. The van der Waals surface area contributed by atoms with E-state index in [9.17, 15) is 14.7 Å². The fourth-order valence-corrected chi connectivity index (χ4v) is 2.52. The van der Waals surface area contributed by atoms with E-state index in [4.69, 9.17) is 25.8 Å². The van der Waals surface area contributed by atoms with E-state index >= 15 is 0 Å². The number of methoxy groups -OCH3 is 3. The van der Waals surface area contributed by atoms with Crippen LogP contribution in [0.4, 0.5) is 5.69 Å². The first-order chi connectivity index (χ1) is 12.9. The van der Waals surface area contributed by atoms with Crippen molar-refractivity contribution in [3.8, 4) is 17.2 Å². The fourth-order valence-electron chi connectivity index (χ4n) is 2.35. The van der Waals surface area contributed by atoms with Gasteiger partial charge in [0.05, 0.1) is 32.6 Å². The maximum Gasteiger partial charge on any atom is 0.337 e. The van der Waals surface area contributed by atoms with Gasteiger partial charge in [0.2, 0.25) is 11.7 Å². The smallest absolute Gasteiger partial charge is 0.337 e. The molecule has 2 aromatic rings. The van der Waals surface area contributed by atoms with Gasteiger partial charge < -0.3 is 24.6 Å². The summed E-state index contributed by atoms with van der Waals surface area (Å²) in [5.41, 5.74) is 0.678. The average molecular weight is 392 g/mol. The first-order valence-electron chi connectivity index (χ1n) is 7.71. The van der Waals surface area contributed by atoms with Gasteiger partial charge in [0.25, 0.3) is 0 Å². The van der Waals surface area contributed by atoms with Crippen LogP contribution in [0.25, 0.3) is 6.08 Å². The first-order valence-corrected chi connectivity index (χ1v) is 8.09. The molecule has 0 bridgehead atoms. The van der Waals surface area contributed by atoms with Gasteiger partial charge in [0.1, 0.15) is 0 Å². The summed E-state index contributed by atoms with van der Waals surface area (Å²) < 4.78 is 15.8. The number of carboxylic acids is 1. The summed E-state index contributed by atoms with van der Waals surface area (Å²) >= 11 is 5.80. The van der Waals surface area contributed by atoms with Gasteiger partial charge in [-0.15, -0.1) is 0 Å². The van der Waals surface area contributed by atoms with E-state index in [1.54, 1.807) is 12.1 Å². The van der Waals surface area contributed by atoms with Crippen molar-refractivity contribution in [3.05, 3.63) is 52.6 Å². The third kappa shape index (κ3) is 4.92. The molecule has 27 heavy (non-hydrogen) atoms. The molecule has 0 fully saturated rings. The number of ether oxygens (including phenoxy) is 3. The lowest BCUT2D eigenvalue weighted by molar-refractivity contribution is -0.111. The van der Waals surface area contributed by atoms with Gasteiger partial charge in [-0.25, -0.2) is 4.79 Å². The maximum absolute atomic E-state index is 12.2. The molecule has 2 rings (SSSR count). The lowest BCUT2D eigenvalue weighted by Gasteiger charge is -2.12. The minimum atomic E-state index is -1.19.